The Morgan fingerprint density at radius 2 is 2.10 bits per heavy atom. The maximum Gasteiger partial charge on any atom is 0.306 e. The number of esters is 1. The Labute approximate surface area is 119 Å². The number of sulfonamides is 1. The highest BCUT2D eigenvalue weighted by Gasteiger charge is 2.23. The Morgan fingerprint density at radius 3 is 2.65 bits per heavy atom. The van der Waals surface area contributed by atoms with Crippen LogP contribution < -0.4 is 10.0 Å². The van der Waals surface area contributed by atoms with Crippen molar-refractivity contribution in [3.05, 3.63) is 24.3 Å². The number of nitrogens with two attached hydrogens (primary N) is 1. The van der Waals surface area contributed by atoms with Crippen molar-refractivity contribution in [1.29, 1.82) is 0 Å². The van der Waals surface area contributed by atoms with E-state index in [4.69, 9.17) is 5.73 Å². The first-order valence-corrected chi connectivity index (χ1v) is 7.94. The van der Waals surface area contributed by atoms with Gasteiger partial charge in [-0.2, -0.15) is 0 Å². The number of carbonyl (C=O) groups excluding carboxylic acids is 1. The largest absolute Gasteiger partial charge is 0.469 e. The van der Waals surface area contributed by atoms with E-state index in [0.29, 0.717) is 24.3 Å². The first-order chi connectivity index (χ1) is 9.40. The van der Waals surface area contributed by atoms with Crippen molar-refractivity contribution in [2.75, 3.05) is 29.4 Å². The average molecular weight is 300 g/mol. The summed E-state index contributed by atoms with van der Waals surface area (Å²) < 4.78 is 30.4. The summed E-state index contributed by atoms with van der Waals surface area (Å²) in [6.45, 7) is 2.22. The molecule has 0 spiro atoms. The Morgan fingerprint density at radius 1 is 1.40 bits per heavy atom. The highest BCUT2D eigenvalue weighted by Crippen LogP contribution is 2.21. The van der Waals surface area contributed by atoms with Crippen LogP contribution in [-0.4, -0.2) is 33.8 Å². The molecule has 1 aromatic carbocycles. The molecule has 0 radical (unpaired) electrons. The molecule has 0 amide bonds. The predicted octanol–water partition coefficient (Wildman–Crippen LogP) is 1.38. The van der Waals surface area contributed by atoms with E-state index in [1.807, 2.05) is 6.92 Å². The van der Waals surface area contributed by atoms with Gasteiger partial charge < -0.3 is 10.5 Å². The van der Waals surface area contributed by atoms with E-state index < -0.39 is 16.0 Å². The first kappa shape index (κ1) is 16.3. The lowest BCUT2D eigenvalue weighted by molar-refractivity contribution is -0.140. The van der Waals surface area contributed by atoms with Crippen molar-refractivity contribution < 1.29 is 17.9 Å². The molecule has 20 heavy (non-hydrogen) atoms. The molecule has 0 aliphatic rings. The Hall–Kier alpha value is -1.76. The molecule has 1 rings (SSSR count). The molecule has 0 aliphatic heterocycles. The first-order valence-electron chi connectivity index (χ1n) is 6.33. The van der Waals surface area contributed by atoms with Gasteiger partial charge in [-0.15, -0.1) is 0 Å². The molecule has 0 atom stereocenters. The zero-order chi connectivity index (χ0) is 15.2. The van der Waals surface area contributed by atoms with Gasteiger partial charge in [-0.25, -0.2) is 8.42 Å². The average Bonchev–Trinajstić information content (AvgIpc) is 2.42. The molecule has 0 fully saturated rings. The summed E-state index contributed by atoms with van der Waals surface area (Å²) in [6.07, 6.45) is 0.494. The third-order valence-corrected chi connectivity index (χ3v) is 4.50. The second-order valence-corrected chi connectivity index (χ2v) is 6.32. The molecule has 0 unspecified atom stereocenters. The van der Waals surface area contributed by atoms with Crippen LogP contribution in [0.15, 0.2) is 24.3 Å². The molecule has 2 N–H and O–H groups in total. The molecule has 0 bridgehead atoms. The summed E-state index contributed by atoms with van der Waals surface area (Å²) in [5, 5.41) is 0. The summed E-state index contributed by atoms with van der Waals surface area (Å²) in [4.78, 5) is 11.1. The lowest BCUT2D eigenvalue weighted by Gasteiger charge is -2.24. The number of ether oxygens (including phenoxy) is 1. The van der Waals surface area contributed by atoms with Crippen LogP contribution in [0.4, 0.5) is 11.4 Å². The van der Waals surface area contributed by atoms with E-state index >= 15 is 0 Å². The molecule has 7 heteroatoms. The summed E-state index contributed by atoms with van der Waals surface area (Å²) in [5.41, 5.74) is 6.69. The fourth-order valence-corrected chi connectivity index (χ4v) is 3.28. The van der Waals surface area contributed by atoms with Crippen LogP contribution in [-0.2, 0) is 19.6 Å². The van der Waals surface area contributed by atoms with Gasteiger partial charge in [0.1, 0.15) is 0 Å². The number of nitrogens with zero attached hydrogens (tertiary/aromatic N) is 1. The van der Waals surface area contributed by atoms with Gasteiger partial charge in [-0.1, -0.05) is 13.0 Å². The summed E-state index contributed by atoms with van der Waals surface area (Å²) >= 11 is 0. The Balaban J connectivity index is 2.97. The second-order valence-electron chi connectivity index (χ2n) is 4.31. The van der Waals surface area contributed by atoms with Gasteiger partial charge in [0, 0.05) is 12.2 Å². The molecule has 6 nitrogen and oxygen atoms in total. The summed E-state index contributed by atoms with van der Waals surface area (Å²) in [7, 11) is -2.35. The van der Waals surface area contributed by atoms with Crippen LogP contribution >= 0.6 is 0 Å². The van der Waals surface area contributed by atoms with Crippen molar-refractivity contribution in [3.8, 4) is 0 Å². The highest BCUT2D eigenvalue weighted by molar-refractivity contribution is 7.92. The normalized spacial score (nSPS) is 11.1. The zero-order valence-corrected chi connectivity index (χ0v) is 12.5. The maximum atomic E-state index is 12.3. The number of nitrogen functional groups attached to an aromatic ring is 1. The second kappa shape index (κ2) is 7.14. The minimum absolute atomic E-state index is 0.165. The zero-order valence-electron chi connectivity index (χ0n) is 11.7. The molecule has 112 valence electrons. The van der Waals surface area contributed by atoms with Gasteiger partial charge in [-0.05, 0) is 24.6 Å². The smallest absolute Gasteiger partial charge is 0.306 e. The number of hydrogen-bond acceptors (Lipinski definition) is 5. The van der Waals surface area contributed by atoms with Crippen molar-refractivity contribution in [3.63, 3.8) is 0 Å². The van der Waals surface area contributed by atoms with E-state index in [0.717, 1.165) is 0 Å². The lowest BCUT2D eigenvalue weighted by Crippen LogP contribution is -2.34. The van der Waals surface area contributed by atoms with Crippen molar-refractivity contribution in [2.24, 2.45) is 0 Å². The number of anilines is 2. The Bertz CT molecular complexity index is 557. The van der Waals surface area contributed by atoms with Crippen molar-refractivity contribution >= 4 is 27.4 Å². The van der Waals surface area contributed by atoms with E-state index in [9.17, 15) is 13.2 Å². The van der Waals surface area contributed by atoms with Crippen molar-refractivity contribution in [2.45, 2.75) is 19.8 Å². The van der Waals surface area contributed by atoms with Crippen LogP contribution in [0.3, 0.4) is 0 Å². The van der Waals surface area contributed by atoms with E-state index in [-0.39, 0.29) is 12.2 Å². The van der Waals surface area contributed by atoms with E-state index in [1.165, 1.54) is 11.4 Å². The molecule has 0 heterocycles. The molecule has 0 saturated heterocycles. The topological polar surface area (TPSA) is 89.7 Å². The van der Waals surface area contributed by atoms with Gasteiger partial charge in [-0.3, -0.25) is 9.10 Å². The predicted molar refractivity (Wildman–Crippen MR) is 78.9 cm³/mol. The summed E-state index contributed by atoms with van der Waals surface area (Å²) in [6, 6.07) is 6.67. The lowest BCUT2D eigenvalue weighted by atomic mass is 10.3. The SMILES string of the molecule is CCCN(c1cccc(N)c1)S(=O)(=O)CCC(=O)OC. The van der Waals surface area contributed by atoms with Gasteiger partial charge in [0.25, 0.3) is 0 Å². The molecule has 0 aromatic heterocycles. The van der Waals surface area contributed by atoms with Gasteiger partial charge >= 0.3 is 5.97 Å². The third-order valence-electron chi connectivity index (χ3n) is 2.71. The molecule has 0 aliphatic carbocycles. The van der Waals surface area contributed by atoms with Gasteiger partial charge in [0.15, 0.2) is 0 Å². The van der Waals surface area contributed by atoms with E-state index in [1.54, 1.807) is 24.3 Å². The monoisotopic (exact) mass is 300 g/mol. The number of benzene rings is 1. The van der Waals surface area contributed by atoms with Crippen LogP contribution in [0.25, 0.3) is 0 Å². The number of rotatable bonds is 7. The van der Waals surface area contributed by atoms with Crippen LogP contribution in [0.5, 0.6) is 0 Å². The molecular formula is C13H20N2O4S. The third kappa shape index (κ3) is 4.41. The van der Waals surface area contributed by atoms with Crippen LogP contribution in [0.1, 0.15) is 19.8 Å². The number of hydrogen-bond donors (Lipinski definition) is 1. The minimum Gasteiger partial charge on any atom is -0.469 e. The fraction of sp³-hybridized carbons (Fsp3) is 0.462. The minimum atomic E-state index is -3.58. The fourth-order valence-electron chi connectivity index (χ4n) is 1.74. The molecular weight excluding hydrogens is 280 g/mol. The quantitative estimate of drug-likeness (QED) is 0.607. The van der Waals surface area contributed by atoms with Gasteiger partial charge in [0.05, 0.1) is 25.0 Å². The van der Waals surface area contributed by atoms with Crippen LogP contribution in [0.2, 0.25) is 0 Å². The van der Waals surface area contributed by atoms with Crippen LogP contribution in [0, 0.1) is 0 Å². The molecule has 1 aromatic rings. The van der Waals surface area contributed by atoms with Gasteiger partial charge in [0.2, 0.25) is 10.0 Å². The molecule has 0 saturated carbocycles. The number of carbonyl (C=O) groups is 1. The summed E-state index contributed by atoms with van der Waals surface area (Å²) in [5.74, 6) is -0.827. The Kier molecular flexibility index (Phi) is 5.82. The maximum absolute atomic E-state index is 12.3. The standard InChI is InChI=1S/C13H20N2O4S/c1-3-8-15(12-6-4-5-11(14)10-12)20(17,18)9-7-13(16)19-2/h4-6,10H,3,7-9,14H2,1-2H3. The number of methoxy groups -OCH3 is 1. The highest BCUT2D eigenvalue weighted by atomic mass is 32.2. The van der Waals surface area contributed by atoms with Crippen molar-refractivity contribution in [1.82, 2.24) is 0 Å². The van der Waals surface area contributed by atoms with E-state index in [2.05, 4.69) is 4.74 Å².